The van der Waals surface area contributed by atoms with Crippen molar-refractivity contribution in [3.8, 4) is 0 Å². The Morgan fingerprint density at radius 2 is 0.922 bits per heavy atom. The first-order valence-electron chi connectivity index (χ1n) is 22.4. The molecule has 4 atom stereocenters. The number of unbranched alkanes of at least 4 members (excludes halogenated alkanes) is 21. The summed E-state index contributed by atoms with van der Waals surface area (Å²) in [7, 11) is 3.96. The van der Waals surface area contributed by atoms with Crippen molar-refractivity contribution in [1.82, 2.24) is 4.90 Å². The molecule has 1 aliphatic carbocycles. The van der Waals surface area contributed by atoms with E-state index in [2.05, 4.69) is 50.3 Å². The van der Waals surface area contributed by atoms with Crippen molar-refractivity contribution >= 4 is 5.78 Å². The van der Waals surface area contributed by atoms with Crippen molar-refractivity contribution < 1.29 is 14.3 Å². The number of carbonyl (C=O) groups is 1. The van der Waals surface area contributed by atoms with Crippen molar-refractivity contribution in [2.24, 2.45) is 5.92 Å². The van der Waals surface area contributed by atoms with Crippen LogP contribution in [0.5, 0.6) is 0 Å². The van der Waals surface area contributed by atoms with E-state index in [0.29, 0.717) is 24.7 Å². The SMILES string of the molecule is CCCCC/C=C\C/C=C\CCCCCCCCC1(CCCCCCCC/C=C\CCCCCCCC)O[C@H]2C[C@H](CC(=O)CN(C)C)C[C@H]2O1. The molecule has 0 aromatic carbocycles. The Morgan fingerprint density at radius 1 is 0.549 bits per heavy atom. The van der Waals surface area contributed by atoms with Crippen molar-refractivity contribution in [1.29, 1.82) is 0 Å². The minimum Gasteiger partial charge on any atom is -0.344 e. The summed E-state index contributed by atoms with van der Waals surface area (Å²) in [5.74, 6) is 0.378. The van der Waals surface area contributed by atoms with E-state index in [-0.39, 0.29) is 18.0 Å². The smallest absolute Gasteiger partial charge is 0.169 e. The molecule has 0 radical (unpaired) electrons. The van der Waals surface area contributed by atoms with Gasteiger partial charge in [0.25, 0.3) is 0 Å². The van der Waals surface area contributed by atoms with Crippen LogP contribution in [0, 0.1) is 5.92 Å². The van der Waals surface area contributed by atoms with Crippen LogP contribution in [0.3, 0.4) is 0 Å². The minimum atomic E-state index is -0.385. The lowest BCUT2D eigenvalue weighted by atomic mass is 9.97. The van der Waals surface area contributed by atoms with Gasteiger partial charge < -0.3 is 14.4 Å². The number of ether oxygens (including phenoxy) is 2. The fraction of sp³-hybridized carbons (Fsp3) is 0.851. The first-order valence-corrected chi connectivity index (χ1v) is 22.4. The predicted molar refractivity (Wildman–Crippen MR) is 221 cm³/mol. The van der Waals surface area contributed by atoms with Crippen LogP contribution in [-0.4, -0.2) is 49.3 Å². The van der Waals surface area contributed by atoms with Gasteiger partial charge >= 0.3 is 0 Å². The van der Waals surface area contributed by atoms with Gasteiger partial charge in [0.05, 0.1) is 18.8 Å². The molecule has 2 rings (SSSR count). The van der Waals surface area contributed by atoms with Crippen LogP contribution in [0.1, 0.15) is 213 Å². The standard InChI is InChI=1S/C47H85NO3/c1-5-7-9-11-13-15-17-19-21-23-25-27-29-31-33-35-37-47(50-45-40-43(41-46(45)51-47)39-44(49)42-48(3)4)38-36-34-32-30-28-26-24-22-20-18-16-14-12-10-8-6-2/h13,15,19-22,43,45-46H,5-12,14,16-18,23-42H2,1-4H3/b15-13-,21-19-,22-20-/t43-,45-,46+,47?. The second-order valence-electron chi connectivity index (χ2n) is 16.6. The van der Waals surface area contributed by atoms with Gasteiger partial charge in [-0.1, -0.05) is 147 Å². The molecule has 1 saturated heterocycles. The summed E-state index contributed by atoms with van der Waals surface area (Å²) < 4.78 is 13.7. The molecule has 1 heterocycles. The zero-order valence-electron chi connectivity index (χ0n) is 34.5. The molecule has 296 valence electrons. The minimum absolute atomic E-state index is 0.181. The third-order valence-corrected chi connectivity index (χ3v) is 11.1. The largest absolute Gasteiger partial charge is 0.344 e. The Bertz CT molecular complexity index is 893. The number of fused-ring (bicyclic) bond motifs is 1. The number of hydrogen-bond donors (Lipinski definition) is 0. The second-order valence-corrected chi connectivity index (χ2v) is 16.6. The van der Waals surface area contributed by atoms with E-state index in [4.69, 9.17) is 9.47 Å². The number of carbonyl (C=O) groups excluding carboxylic acids is 1. The second kappa shape index (κ2) is 31.2. The Labute approximate surface area is 318 Å². The molecule has 2 aliphatic rings. The fourth-order valence-electron chi connectivity index (χ4n) is 8.18. The Hall–Kier alpha value is -1.23. The van der Waals surface area contributed by atoms with Crippen LogP contribution in [0.2, 0.25) is 0 Å². The van der Waals surface area contributed by atoms with Crippen molar-refractivity contribution in [2.45, 2.75) is 231 Å². The Morgan fingerprint density at radius 3 is 1.37 bits per heavy atom. The van der Waals surface area contributed by atoms with Gasteiger partial charge in [-0.2, -0.15) is 0 Å². The maximum Gasteiger partial charge on any atom is 0.169 e. The summed E-state index contributed by atoms with van der Waals surface area (Å²) in [4.78, 5) is 14.5. The Balaban J connectivity index is 1.62. The van der Waals surface area contributed by atoms with Gasteiger partial charge in [0, 0.05) is 19.3 Å². The number of hydrogen-bond acceptors (Lipinski definition) is 4. The average Bonchev–Trinajstić information content (AvgIpc) is 3.62. The zero-order valence-corrected chi connectivity index (χ0v) is 34.5. The molecule has 1 saturated carbocycles. The molecule has 0 amide bonds. The van der Waals surface area contributed by atoms with Gasteiger partial charge in [-0.15, -0.1) is 0 Å². The van der Waals surface area contributed by atoms with Crippen LogP contribution >= 0.6 is 0 Å². The number of allylic oxidation sites excluding steroid dienone is 6. The average molecular weight is 712 g/mol. The number of Topliss-reactive ketones (excluding diaryl/α,β-unsaturated/α-hetero) is 1. The molecule has 0 bridgehead atoms. The van der Waals surface area contributed by atoms with Crippen molar-refractivity contribution in [3.05, 3.63) is 36.5 Å². The molecule has 51 heavy (non-hydrogen) atoms. The molecule has 2 fully saturated rings. The summed E-state index contributed by atoms with van der Waals surface area (Å²) >= 11 is 0. The third-order valence-electron chi connectivity index (χ3n) is 11.1. The van der Waals surface area contributed by atoms with E-state index in [9.17, 15) is 4.79 Å². The molecule has 1 unspecified atom stereocenters. The van der Waals surface area contributed by atoms with Crippen LogP contribution in [0.4, 0.5) is 0 Å². The zero-order chi connectivity index (χ0) is 36.7. The highest BCUT2D eigenvalue weighted by molar-refractivity contribution is 5.80. The lowest BCUT2D eigenvalue weighted by molar-refractivity contribution is -0.193. The molecular weight excluding hydrogens is 627 g/mol. The van der Waals surface area contributed by atoms with Crippen molar-refractivity contribution in [3.63, 3.8) is 0 Å². The van der Waals surface area contributed by atoms with E-state index in [1.165, 1.54) is 161 Å². The van der Waals surface area contributed by atoms with E-state index in [1.54, 1.807) is 0 Å². The van der Waals surface area contributed by atoms with Gasteiger partial charge in [-0.05, 0) is 103 Å². The van der Waals surface area contributed by atoms with Crippen LogP contribution in [0.25, 0.3) is 0 Å². The maximum atomic E-state index is 12.5. The van der Waals surface area contributed by atoms with Gasteiger partial charge in [-0.3, -0.25) is 4.79 Å². The van der Waals surface area contributed by atoms with E-state index in [1.807, 2.05) is 19.0 Å². The number of ketones is 1. The molecule has 0 N–H and O–H groups in total. The third kappa shape index (κ3) is 23.9. The van der Waals surface area contributed by atoms with Crippen LogP contribution < -0.4 is 0 Å². The molecule has 1 aliphatic heterocycles. The predicted octanol–water partition coefficient (Wildman–Crippen LogP) is 14.0. The van der Waals surface area contributed by atoms with Gasteiger partial charge in [0.15, 0.2) is 5.79 Å². The van der Waals surface area contributed by atoms with Crippen LogP contribution in [-0.2, 0) is 14.3 Å². The molecule has 4 heteroatoms. The fourth-order valence-corrected chi connectivity index (χ4v) is 8.18. The van der Waals surface area contributed by atoms with E-state index >= 15 is 0 Å². The summed E-state index contributed by atoms with van der Waals surface area (Å²) in [6, 6.07) is 0. The summed E-state index contributed by atoms with van der Waals surface area (Å²) in [5.41, 5.74) is 0. The first-order chi connectivity index (χ1) is 25.0. The highest BCUT2D eigenvalue weighted by Crippen LogP contribution is 2.46. The van der Waals surface area contributed by atoms with Crippen LogP contribution in [0.15, 0.2) is 36.5 Å². The van der Waals surface area contributed by atoms with Gasteiger partial charge in [0.2, 0.25) is 0 Å². The maximum absolute atomic E-state index is 12.5. The number of rotatable bonds is 35. The number of likely N-dealkylation sites (N-methyl/N-ethyl adjacent to an activating group) is 1. The molecular formula is C47H85NO3. The molecule has 4 nitrogen and oxygen atoms in total. The molecule has 0 aromatic heterocycles. The Kier molecular flexibility index (Phi) is 28.1. The highest BCUT2D eigenvalue weighted by atomic mass is 16.8. The quantitative estimate of drug-likeness (QED) is 0.0485. The van der Waals surface area contributed by atoms with Gasteiger partial charge in [0.1, 0.15) is 5.78 Å². The lowest BCUT2D eigenvalue weighted by Gasteiger charge is -2.30. The lowest BCUT2D eigenvalue weighted by Crippen LogP contribution is -2.32. The topological polar surface area (TPSA) is 38.8 Å². The summed E-state index contributed by atoms with van der Waals surface area (Å²) in [6.07, 6.45) is 53.3. The van der Waals surface area contributed by atoms with Crippen molar-refractivity contribution in [2.75, 3.05) is 20.6 Å². The molecule has 0 aromatic rings. The summed E-state index contributed by atoms with van der Waals surface area (Å²) in [6.45, 7) is 5.10. The monoisotopic (exact) mass is 712 g/mol. The first kappa shape index (κ1) is 45.9. The normalized spacial score (nSPS) is 22.1. The summed E-state index contributed by atoms with van der Waals surface area (Å²) in [5, 5.41) is 0. The highest BCUT2D eigenvalue weighted by Gasteiger charge is 2.51. The van der Waals surface area contributed by atoms with E-state index in [0.717, 1.165) is 32.1 Å². The number of nitrogens with zero attached hydrogens (tertiary/aromatic N) is 1. The van der Waals surface area contributed by atoms with Gasteiger partial charge in [-0.25, -0.2) is 0 Å². The van der Waals surface area contributed by atoms with E-state index < -0.39 is 0 Å². The molecule has 0 spiro atoms.